The molecule has 0 aromatic heterocycles. The molecule has 2 N–H and O–H groups in total. The van der Waals surface area contributed by atoms with Gasteiger partial charge in [0.1, 0.15) is 0 Å². The molecule has 1 aliphatic carbocycles. The molecule has 1 heterocycles. The van der Waals surface area contributed by atoms with Crippen molar-refractivity contribution >= 4 is 5.96 Å². The Morgan fingerprint density at radius 3 is 2.55 bits per heavy atom. The third kappa shape index (κ3) is 7.63. The maximum atomic E-state index is 6.07. The lowest BCUT2D eigenvalue weighted by atomic mass is 9.84. The molecule has 0 bridgehead atoms. The average molecular weight is 402 g/mol. The lowest BCUT2D eigenvalue weighted by Gasteiger charge is -2.29. The molecule has 1 saturated heterocycles. The minimum atomic E-state index is 0.331. The second kappa shape index (κ2) is 12.2. The van der Waals surface area contributed by atoms with Gasteiger partial charge in [-0.2, -0.15) is 0 Å². The average Bonchev–Trinajstić information content (AvgIpc) is 2.78. The summed E-state index contributed by atoms with van der Waals surface area (Å²) in [6.45, 7) is 8.31. The SMILES string of the molecule is CCNC(=NCc1cccc(COC2CCOCC2)c1)NC1CCC(CC)CC1. The summed E-state index contributed by atoms with van der Waals surface area (Å²) in [5.41, 5.74) is 2.45. The fraction of sp³-hybridized carbons (Fsp3) is 0.708. The summed E-state index contributed by atoms with van der Waals surface area (Å²) in [6, 6.07) is 9.17. The van der Waals surface area contributed by atoms with E-state index in [-0.39, 0.29) is 0 Å². The predicted molar refractivity (Wildman–Crippen MR) is 119 cm³/mol. The molecule has 1 saturated carbocycles. The van der Waals surface area contributed by atoms with Crippen LogP contribution in [-0.4, -0.2) is 37.9 Å². The Balaban J connectivity index is 1.50. The van der Waals surface area contributed by atoms with Crippen LogP contribution in [0.2, 0.25) is 0 Å². The van der Waals surface area contributed by atoms with Crippen molar-refractivity contribution in [2.75, 3.05) is 19.8 Å². The van der Waals surface area contributed by atoms with Crippen LogP contribution >= 0.6 is 0 Å². The first-order valence-electron chi connectivity index (χ1n) is 11.6. The van der Waals surface area contributed by atoms with Crippen LogP contribution in [0.1, 0.15) is 69.9 Å². The monoisotopic (exact) mass is 401 g/mol. The lowest BCUT2D eigenvalue weighted by Crippen LogP contribution is -2.44. The number of benzene rings is 1. The highest BCUT2D eigenvalue weighted by molar-refractivity contribution is 5.80. The second-order valence-corrected chi connectivity index (χ2v) is 8.41. The Kier molecular flexibility index (Phi) is 9.29. The molecule has 0 spiro atoms. The highest BCUT2D eigenvalue weighted by Crippen LogP contribution is 2.26. The normalized spacial score (nSPS) is 23.7. The van der Waals surface area contributed by atoms with E-state index in [0.29, 0.717) is 25.3 Å². The molecular formula is C24H39N3O2. The first-order chi connectivity index (χ1) is 14.3. The third-order valence-corrected chi connectivity index (χ3v) is 6.17. The minimum absolute atomic E-state index is 0.331. The van der Waals surface area contributed by atoms with E-state index in [0.717, 1.165) is 44.5 Å². The first kappa shape index (κ1) is 22.1. The number of aliphatic imine (C=N–C) groups is 1. The second-order valence-electron chi connectivity index (χ2n) is 8.41. The van der Waals surface area contributed by atoms with Crippen LogP contribution < -0.4 is 10.6 Å². The Labute approximate surface area is 176 Å². The number of guanidine groups is 1. The van der Waals surface area contributed by atoms with Gasteiger partial charge in [0, 0.05) is 25.8 Å². The van der Waals surface area contributed by atoms with Crippen LogP contribution in [0.5, 0.6) is 0 Å². The van der Waals surface area contributed by atoms with Gasteiger partial charge in [-0.25, -0.2) is 4.99 Å². The molecule has 1 aliphatic heterocycles. The number of rotatable bonds is 8. The van der Waals surface area contributed by atoms with E-state index in [9.17, 15) is 0 Å². The Morgan fingerprint density at radius 2 is 1.83 bits per heavy atom. The summed E-state index contributed by atoms with van der Waals surface area (Å²) < 4.78 is 11.5. The van der Waals surface area contributed by atoms with Crippen molar-refractivity contribution in [3.8, 4) is 0 Å². The molecule has 3 rings (SSSR count). The molecule has 29 heavy (non-hydrogen) atoms. The molecule has 0 amide bonds. The van der Waals surface area contributed by atoms with E-state index in [1.165, 1.54) is 43.2 Å². The largest absolute Gasteiger partial charge is 0.381 e. The first-order valence-corrected chi connectivity index (χ1v) is 11.6. The Morgan fingerprint density at radius 1 is 1.07 bits per heavy atom. The van der Waals surface area contributed by atoms with Gasteiger partial charge in [0.25, 0.3) is 0 Å². The van der Waals surface area contributed by atoms with E-state index in [4.69, 9.17) is 14.5 Å². The molecule has 0 radical (unpaired) electrons. The number of nitrogens with one attached hydrogen (secondary N) is 2. The summed E-state index contributed by atoms with van der Waals surface area (Å²) in [5.74, 6) is 1.86. The van der Waals surface area contributed by atoms with Crippen LogP contribution in [-0.2, 0) is 22.6 Å². The van der Waals surface area contributed by atoms with E-state index in [1.807, 2.05) is 0 Å². The predicted octanol–water partition coefficient (Wildman–Crippen LogP) is 4.41. The van der Waals surface area contributed by atoms with Crippen LogP contribution in [0, 0.1) is 5.92 Å². The topological polar surface area (TPSA) is 54.9 Å². The molecule has 2 fully saturated rings. The summed E-state index contributed by atoms with van der Waals surface area (Å²) in [6.07, 6.45) is 8.83. The quantitative estimate of drug-likeness (QED) is 0.501. The fourth-order valence-electron chi connectivity index (χ4n) is 4.27. The molecule has 0 unspecified atom stereocenters. The standard InChI is InChI=1S/C24H39N3O2/c1-3-19-8-10-22(11-9-19)27-24(25-4-2)26-17-20-6-5-7-21(16-20)18-29-23-12-14-28-15-13-23/h5-7,16,19,22-23H,3-4,8-15,17-18H2,1-2H3,(H2,25,26,27). The van der Waals surface area contributed by atoms with Gasteiger partial charge in [-0.05, 0) is 62.5 Å². The van der Waals surface area contributed by atoms with Crippen LogP contribution in [0.15, 0.2) is 29.3 Å². The van der Waals surface area contributed by atoms with Crippen molar-refractivity contribution in [2.45, 2.75) is 84.1 Å². The van der Waals surface area contributed by atoms with Gasteiger partial charge in [0.05, 0.1) is 19.3 Å². The van der Waals surface area contributed by atoms with Crippen LogP contribution in [0.4, 0.5) is 0 Å². The maximum Gasteiger partial charge on any atom is 0.191 e. The summed E-state index contributed by atoms with van der Waals surface area (Å²) >= 11 is 0. The molecule has 1 aromatic carbocycles. The van der Waals surface area contributed by atoms with Crippen molar-refractivity contribution in [1.82, 2.24) is 10.6 Å². The van der Waals surface area contributed by atoms with Gasteiger partial charge in [0.15, 0.2) is 5.96 Å². The van der Waals surface area contributed by atoms with Crippen LogP contribution in [0.25, 0.3) is 0 Å². The van der Waals surface area contributed by atoms with Gasteiger partial charge in [-0.3, -0.25) is 0 Å². The summed E-state index contributed by atoms with van der Waals surface area (Å²) in [5, 5.41) is 7.07. The molecular weight excluding hydrogens is 362 g/mol. The molecule has 162 valence electrons. The number of nitrogens with zero attached hydrogens (tertiary/aromatic N) is 1. The molecule has 5 nitrogen and oxygen atoms in total. The van der Waals surface area contributed by atoms with Gasteiger partial charge < -0.3 is 20.1 Å². The van der Waals surface area contributed by atoms with Crippen molar-refractivity contribution < 1.29 is 9.47 Å². The summed E-state index contributed by atoms with van der Waals surface area (Å²) in [4.78, 5) is 4.85. The highest BCUT2D eigenvalue weighted by Gasteiger charge is 2.20. The van der Waals surface area contributed by atoms with E-state index >= 15 is 0 Å². The van der Waals surface area contributed by atoms with Gasteiger partial charge in [-0.15, -0.1) is 0 Å². The van der Waals surface area contributed by atoms with E-state index in [1.54, 1.807) is 0 Å². The maximum absolute atomic E-state index is 6.07. The van der Waals surface area contributed by atoms with E-state index < -0.39 is 0 Å². The Hall–Kier alpha value is -1.59. The zero-order valence-corrected chi connectivity index (χ0v) is 18.3. The summed E-state index contributed by atoms with van der Waals surface area (Å²) in [7, 11) is 0. The fourth-order valence-corrected chi connectivity index (χ4v) is 4.27. The van der Waals surface area contributed by atoms with Gasteiger partial charge in [-0.1, -0.05) is 37.6 Å². The zero-order valence-electron chi connectivity index (χ0n) is 18.3. The molecule has 2 aliphatic rings. The van der Waals surface area contributed by atoms with Crippen molar-refractivity contribution in [2.24, 2.45) is 10.9 Å². The number of ether oxygens (including phenoxy) is 2. The molecule has 5 heteroatoms. The van der Waals surface area contributed by atoms with Gasteiger partial charge in [0.2, 0.25) is 0 Å². The lowest BCUT2D eigenvalue weighted by molar-refractivity contribution is -0.0390. The Bertz CT molecular complexity index is 620. The number of hydrogen-bond acceptors (Lipinski definition) is 3. The molecule has 1 aromatic rings. The zero-order chi connectivity index (χ0) is 20.3. The minimum Gasteiger partial charge on any atom is -0.381 e. The van der Waals surface area contributed by atoms with Crippen molar-refractivity contribution in [3.05, 3.63) is 35.4 Å². The van der Waals surface area contributed by atoms with Gasteiger partial charge >= 0.3 is 0 Å². The highest BCUT2D eigenvalue weighted by atomic mass is 16.5. The van der Waals surface area contributed by atoms with Crippen LogP contribution in [0.3, 0.4) is 0 Å². The smallest absolute Gasteiger partial charge is 0.191 e. The van der Waals surface area contributed by atoms with E-state index in [2.05, 4.69) is 48.7 Å². The van der Waals surface area contributed by atoms with Crippen molar-refractivity contribution in [1.29, 1.82) is 0 Å². The third-order valence-electron chi connectivity index (χ3n) is 6.17. The van der Waals surface area contributed by atoms with Crippen molar-refractivity contribution in [3.63, 3.8) is 0 Å². The molecule has 0 atom stereocenters. The number of hydrogen-bond donors (Lipinski definition) is 2.